The maximum absolute atomic E-state index is 15.2. The molecule has 256 valence electrons. The molecule has 0 radical (unpaired) electrons. The Kier molecular flexibility index (Phi) is 11.1. The van der Waals surface area contributed by atoms with Crippen LogP contribution in [-0.4, -0.2) is 112 Å². The van der Waals surface area contributed by atoms with E-state index < -0.39 is 76.9 Å². The lowest BCUT2D eigenvalue weighted by Gasteiger charge is -2.15. The molecule has 0 saturated carbocycles. The smallest absolute Gasteiger partial charge is 0.394 e. The Morgan fingerprint density at radius 2 is 1.19 bits per heavy atom. The topological polar surface area (TPSA) is 223 Å². The normalized spacial score (nSPS) is 28.1. The van der Waals surface area contributed by atoms with Crippen molar-refractivity contribution in [1.82, 2.24) is 39.0 Å². The molecule has 4 aromatic heterocycles. The van der Waals surface area contributed by atoms with E-state index in [9.17, 15) is 19.3 Å². The van der Waals surface area contributed by atoms with Gasteiger partial charge in [-0.05, 0) is 9.13 Å². The molecule has 2 fully saturated rings. The van der Waals surface area contributed by atoms with Crippen LogP contribution in [0.1, 0.15) is 12.5 Å². The third-order valence-electron chi connectivity index (χ3n) is 7.52. The van der Waals surface area contributed by atoms with E-state index >= 15 is 8.78 Å². The number of fused-ring (bicyclic) bond motifs is 2. The SMILES string of the molecule is O=[P+](S)O[C@@H]1C(CO)O[C@@H](n2cnc3c(NC/C=C/CNc4ncnc5c4ncn5C4OC(CO)[C@@H](O[P+](=O)S)[C@H]4F)ncnc32)[C@@H]1F. The molecular weight excluding hydrogens is 720 g/mol. The Balaban J connectivity index is 1.07. The van der Waals surface area contributed by atoms with E-state index in [4.69, 9.17) is 18.5 Å². The first-order chi connectivity index (χ1) is 23.2. The van der Waals surface area contributed by atoms with Gasteiger partial charge in [0.1, 0.15) is 49.4 Å². The molecule has 18 nitrogen and oxygen atoms in total. The average Bonchev–Trinajstić information content (AvgIpc) is 3.83. The second-order valence-corrected chi connectivity index (χ2v) is 13.7. The summed E-state index contributed by atoms with van der Waals surface area (Å²) in [6.07, 6.45) is -1.96. The summed E-state index contributed by atoms with van der Waals surface area (Å²) in [6, 6.07) is 0. The predicted molar refractivity (Wildman–Crippen MR) is 171 cm³/mol. The number of aromatic nitrogens is 8. The molecular formula is C24H28F2N10O8P2S2+2. The van der Waals surface area contributed by atoms with Crippen molar-refractivity contribution in [3.63, 3.8) is 0 Å². The molecule has 0 aromatic carbocycles. The number of rotatable bonds is 14. The molecule has 10 atom stereocenters. The highest BCUT2D eigenvalue weighted by atomic mass is 32.7. The Hall–Kier alpha value is -3.04. The van der Waals surface area contributed by atoms with Crippen molar-refractivity contribution in [2.75, 3.05) is 36.9 Å². The summed E-state index contributed by atoms with van der Waals surface area (Å²) in [4.78, 5) is 25.5. The van der Waals surface area contributed by atoms with Crippen molar-refractivity contribution in [2.45, 2.75) is 49.2 Å². The third-order valence-corrected chi connectivity index (χ3v) is 8.94. The number of ether oxygens (including phenoxy) is 2. The van der Waals surface area contributed by atoms with Crippen LogP contribution in [0.4, 0.5) is 20.4 Å². The van der Waals surface area contributed by atoms with E-state index in [1.807, 2.05) is 0 Å². The van der Waals surface area contributed by atoms with Crippen LogP contribution in [0.25, 0.3) is 22.3 Å². The molecule has 6 heterocycles. The Labute approximate surface area is 281 Å². The van der Waals surface area contributed by atoms with Crippen LogP contribution in [-0.2, 0) is 27.7 Å². The van der Waals surface area contributed by atoms with Crippen LogP contribution >= 0.6 is 39.0 Å². The number of nitrogens with one attached hydrogen (secondary N) is 2. The van der Waals surface area contributed by atoms with Crippen LogP contribution in [0.2, 0.25) is 0 Å². The molecule has 0 spiro atoms. The molecule has 2 saturated heterocycles. The standard InChI is InChI=1S/C24H26F2N10O8P2S2/c25-13-17(43-45(39)47)11(5-37)41-23(13)35-9-33-15-19(29-7-31-21(15)35)27-3-1-2-4-28-20-16-22(32-8-30-20)36(10-34-16)24-14(26)18(44-46(40)48)12(6-38)42-24/h1-2,7-14,17-18,23-24,37-38H,3-6H2,(H2-2,27,28,29,30,31,32,39,40,47,48)/p+2/b2-1+/t11?,12?,13-,14-,17-,18-,23-,24?/m1/s1. The van der Waals surface area contributed by atoms with Gasteiger partial charge in [-0.1, -0.05) is 12.2 Å². The Morgan fingerprint density at radius 1 is 0.771 bits per heavy atom. The number of nitrogens with zero attached hydrogens (tertiary/aromatic N) is 8. The number of hydrogen-bond acceptors (Lipinski definition) is 16. The van der Waals surface area contributed by atoms with Gasteiger partial charge in [0, 0.05) is 13.1 Å². The second-order valence-electron chi connectivity index (χ2n) is 10.3. The van der Waals surface area contributed by atoms with E-state index in [1.54, 1.807) is 12.2 Å². The van der Waals surface area contributed by atoms with E-state index in [0.29, 0.717) is 35.8 Å². The van der Waals surface area contributed by atoms with Gasteiger partial charge in [0.25, 0.3) is 0 Å². The maximum Gasteiger partial charge on any atom is 0.582 e. The molecule has 0 aliphatic carbocycles. The van der Waals surface area contributed by atoms with Crippen molar-refractivity contribution in [3.8, 4) is 0 Å². The van der Waals surface area contributed by atoms with Crippen LogP contribution < -0.4 is 10.6 Å². The molecule has 24 heteroatoms. The molecule has 48 heavy (non-hydrogen) atoms. The second kappa shape index (κ2) is 15.2. The zero-order chi connectivity index (χ0) is 33.9. The zero-order valence-electron chi connectivity index (χ0n) is 24.4. The van der Waals surface area contributed by atoms with Crippen molar-refractivity contribution >= 4 is 72.9 Å². The largest absolute Gasteiger partial charge is 0.582 e. The highest BCUT2D eigenvalue weighted by molar-refractivity contribution is 8.39. The number of aliphatic hydroxyl groups excluding tert-OH is 2. The third kappa shape index (κ3) is 7.00. The summed E-state index contributed by atoms with van der Waals surface area (Å²) in [5, 5.41) is 25.4. The maximum atomic E-state index is 15.2. The van der Waals surface area contributed by atoms with Gasteiger partial charge in [-0.25, -0.2) is 38.7 Å². The number of thiol groups is 2. The first-order valence-electron chi connectivity index (χ1n) is 14.2. The Bertz CT molecular complexity index is 1700. The lowest BCUT2D eigenvalue weighted by Crippen LogP contribution is -2.31. The van der Waals surface area contributed by atoms with Crippen LogP contribution in [0, 0.1) is 0 Å². The molecule has 4 N–H and O–H groups in total. The van der Waals surface area contributed by atoms with Gasteiger partial charge in [-0.15, -0.1) is 9.05 Å². The summed E-state index contributed by atoms with van der Waals surface area (Å²) in [5.74, 6) is 0.741. The van der Waals surface area contributed by atoms with E-state index in [-0.39, 0.29) is 11.3 Å². The predicted octanol–water partition coefficient (Wildman–Crippen LogP) is 2.45. The summed E-state index contributed by atoms with van der Waals surface area (Å²) < 4.78 is 77.4. The van der Waals surface area contributed by atoms with Gasteiger partial charge in [-0.2, -0.15) is 0 Å². The summed E-state index contributed by atoms with van der Waals surface area (Å²) in [7, 11) is -4.87. The van der Waals surface area contributed by atoms with Crippen molar-refractivity contribution in [3.05, 3.63) is 37.5 Å². The van der Waals surface area contributed by atoms with Gasteiger partial charge in [0.15, 0.2) is 71.0 Å². The first kappa shape index (κ1) is 34.8. The highest BCUT2D eigenvalue weighted by Crippen LogP contribution is 2.42. The lowest BCUT2D eigenvalue weighted by atomic mass is 10.1. The van der Waals surface area contributed by atoms with Crippen LogP contribution in [0.15, 0.2) is 37.5 Å². The summed E-state index contributed by atoms with van der Waals surface area (Å²) in [5.41, 5.74) is 1.21. The highest BCUT2D eigenvalue weighted by Gasteiger charge is 2.52. The minimum Gasteiger partial charge on any atom is -0.394 e. The summed E-state index contributed by atoms with van der Waals surface area (Å²) in [6.45, 7) is -0.472. The van der Waals surface area contributed by atoms with E-state index in [2.05, 4.69) is 65.0 Å². The van der Waals surface area contributed by atoms with Gasteiger partial charge < -0.3 is 30.3 Å². The molecule has 0 bridgehead atoms. The quantitative estimate of drug-likeness (QED) is 0.0619. The fourth-order valence-electron chi connectivity index (χ4n) is 5.40. The Morgan fingerprint density at radius 3 is 1.56 bits per heavy atom. The average molecular weight is 749 g/mol. The zero-order valence-corrected chi connectivity index (χ0v) is 28.0. The van der Waals surface area contributed by atoms with E-state index in [0.717, 1.165) is 0 Å². The molecule has 6 rings (SSSR count). The molecule has 2 aliphatic heterocycles. The fraction of sp³-hybridized carbons (Fsp3) is 0.500. The van der Waals surface area contributed by atoms with Crippen molar-refractivity contribution in [1.29, 1.82) is 0 Å². The minimum atomic E-state index is -2.43. The number of hydrogen-bond donors (Lipinski definition) is 6. The number of anilines is 2. The number of imidazole rings is 2. The molecule has 0 amide bonds. The number of alkyl halides is 2. The monoisotopic (exact) mass is 748 g/mol. The fourth-order valence-corrected chi connectivity index (χ4v) is 6.98. The summed E-state index contributed by atoms with van der Waals surface area (Å²) >= 11 is 7.35. The van der Waals surface area contributed by atoms with Crippen molar-refractivity contribution < 1.29 is 46.6 Å². The molecule has 5 unspecified atom stereocenters. The first-order valence-corrected chi connectivity index (χ1v) is 18.8. The van der Waals surface area contributed by atoms with Gasteiger partial charge in [0.2, 0.25) is 0 Å². The van der Waals surface area contributed by atoms with Crippen molar-refractivity contribution in [2.24, 2.45) is 0 Å². The van der Waals surface area contributed by atoms with Gasteiger partial charge in [-0.3, -0.25) is 9.13 Å². The van der Waals surface area contributed by atoms with Gasteiger partial charge >= 0.3 is 14.5 Å². The number of halogens is 2. The van der Waals surface area contributed by atoms with Gasteiger partial charge in [0.05, 0.1) is 25.9 Å². The lowest BCUT2D eigenvalue weighted by molar-refractivity contribution is -0.0427. The minimum absolute atomic E-state index is 0.264. The number of aliphatic hydroxyl groups is 2. The molecule has 2 aliphatic rings. The van der Waals surface area contributed by atoms with Crippen LogP contribution in [0.3, 0.4) is 0 Å². The van der Waals surface area contributed by atoms with Crippen LogP contribution in [0.5, 0.6) is 0 Å². The molecule has 4 aromatic rings. The van der Waals surface area contributed by atoms with E-state index in [1.165, 1.54) is 34.4 Å².